The van der Waals surface area contributed by atoms with E-state index >= 15 is 0 Å². The fraction of sp³-hybridized carbons (Fsp3) is 0.333. The molecule has 3 aromatic rings. The third kappa shape index (κ3) is 7.42. The topological polar surface area (TPSA) is 68.3 Å². The molecule has 0 amide bonds. The molecule has 1 heterocycles. The summed E-state index contributed by atoms with van der Waals surface area (Å²) in [6.45, 7) is -0.674. The van der Waals surface area contributed by atoms with Gasteiger partial charge in [0.1, 0.15) is 11.5 Å². The SMILES string of the molecule is COc1cccc([C@H](CN2CCN(S(=O)(=O)c3cccc(OC(F)F)c3)CC2)OCc2cccc(Cl)c2)c1. The molecule has 4 rings (SSSR count). The summed E-state index contributed by atoms with van der Waals surface area (Å²) in [4.78, 5) is 2.06. The molecule has 7 nitrogen and oxygen atoms in total. The van der Waals surface area contributed by atoms with E-state index in [2.05, 4.69) is 9.64 Å². The van der Waals surface area contributed by atoms with Gasteiger partial charge in [-0.3, -0.25) is 4.90 Å². The highest BCUT2D eigenvalue weighted by Crippen LogP contribution is 2.27. The summed E-state index contributed by atoms with van der Waals surface area (Å²) in [6.07, 6.45) is -0.296. The zero-order chi connectivity index (χ0) is 27.1. The van der Waals surface area contributed by atoms with E-state index in [0.29, 0.717) is 37.0 Å². The second-order valence-electron chi connectivity index (χ2n) is 8.76. The molecule has 0 aromatic heterocycles. The van der Waals surface area contributed by atoms with Crippen LogP contribution in [0.2, 0.25) is 5.02 Å². The van der Waals surface area contributed by atoms with Gasteiger partial charge < -0.3 is 14.2 Å². The molecule has 3 aromatic carbocycles. The first-order valence-corrected chi connectivity index (χ1v) is 13.8. The van der Waals surface area contributed by atoms with Crippen LogP contribution in [-0.4, -0.2) is 64.1 Å². The van der Waals surface area contributed by atoms with Crippen LogP contribution in [0.25, 0.3) is 0 Å². The maximum atomic E-state index is 13.1. The number of hydrogen-bond donors (Lipinski definition) is 0. The molecule has 204 valence electrons. The van der Waals surface area contributed by atoms with Crippen LogP contribution in [0.15, 0.2) is 77.7 Å². The Bertz CT molecular complexity index is 1320. The molecule has 11 heteroatoms. The monoisotopic (exact) mass is 566 g/mol. The smallest absolute Gasteiger partial charge is 0.387 e. The fourth-order valence-electron chi connectivity index (χ4n) is 4.27. The Morgan fingerprint density at radius 3 is 2.34 bits per heavy atom. The average Bonchev–Trinajstić information content (AvgIpc) is 2.91. The van der Waals surface area contributed by atoms with Crippen molar-refractivity contribution in [2.24, 2.45) is 0 Å². The van der Waals surface area contributed by atoms with Crippen molar-refractivity contribution < 1.29 is 31.4 Å². The second-order valence-corrected chi connectivity index (χ2v) is 11.1. The van der Waals surface area contributed by atoms with Crippen LogP contribution < -0.4 is 9.47 Å². The Morgan fingerprint density at radius 2 is 1.63 bits per heavy atom. The van der Waals surface area contributed by atoms with Crippen LogP contribution in [0.1, 0.15) is 17.2 Å². The van der Waals surface area contributed by atoms with Gasteiger partial charge in [0, 0.05) is 43.8 Å². The van der Waals surface area contributed by atoms with Crippen LogP contribution >= 0.6 is 11.6 Å². The quantitative estimate of drug-likeness (QED) is 0.317. The van der Waals surface area contributed by atoms with Gasteiger partial charge in [-0.25, -0.2) is 8.42 Å². The average molecular weight is 567 g/mol. The number of ether oxygens (including phenoxy) is 3. The minimum atomic E-state index is -3.86. The van der Waals surface area contributed by atoms with Gasteiger partial charge in [0.25, 0.3) is 0 Å². The molecule has 0 bridgehead atoms. The largest absolute Gasteiger partial charge is 0.497 e. The van der Waals surface area contributed by atoms with E-state index < -0.39 is 16.6 Å². The predicted octanol–water partition coefficient (Wildman–Crippen LogP) is 5.21. The number of nitrogens with zero attached hydrogens (tertiary/aromatic N) is 2. The predicted molar refractivity (Wildman–Crippen MR) is 140 cm³/mol. The van der Waals surface area contributed by atoms with Crippen molar-refractivity contribution in [2.75, 3.05) is 39.8 Å². The van der Waals surface area contributed by atoms with Crippen molar-refractivity contribution in [3.05, 3.63) is 88.9 Å². The molecule has 1 atom stereocenters. The third-order valence-corrected chi connectivity index (χ3v) is 8.36. The van der Waals surface area contributed by atoms with Crippen molar-refractivity contribution in [3.8, 4) is 11.5 Å². The molecule has 1 saturated heterocycles. The molecular weight excluding hydrogens is 538 g/mol. The van der Waals surface area contributed by atoms with Crippen molar-refractivity contribution in [1.82, 2.24) is 9.21 Å². The first-order valence-electron chi connectivity index (χ1n) is 12.0. The maximum absolute atomic E-state index is 13.1. The van der Waals surface area contributed by atoms with Crippen LogP contribution in [0.4, 0.5) is 8.78 Å². The summed E-state index contributed by atoms with van der Waals surface area (Å²) in [7, 11) is -2.26. The van der Waals surface area contributed by atoms with Gasteiger partial charge in [0.2, 0.25) is 10.0 Å². The summed E-state index contributed by atoms with van der Waals surface area (Å²) < 4.78 is 68.9. The van der Waals surface area contributed by atoms with Crippen LogP contribution in [0.5, 0.6) is 11.5 Å². The highest BCUT2D eigenvalue weighted by atomic mass is 35.5. The standard InChI is InChI=1S/C27H29ClF2N2O5S/c1-35-23-8-3-6-21(16-23)26(36-19-20-5-2-7-22(28)15-20)18-31-11-13-32(14-12-31)38(33,34)25-10-4-9-24(17-25)37-27(29)30/h2-10,15-17,26-27H,11-14,18-19H2,1H3/t26-/m0/s1. The van der Waals surface area contributed by atoms with Crippen LogP contribution in [0, 0.1) is 0 Å². The summed E-state index contributed by atoms with van der Waals surface area (Å²) in [5, 5.41) is 0.632. The molecule has 1 aliphatic heterocycles. The van der Waals surface area contributed by atoms with Crippen molar-refractivity contribution in [3.63, 3.8) is 0 Å². The Hall–Kier alpha value is -2.76. The van der Waals surface area contributed by atoms with Gasteiger partial charge in [-0.2, -0.15) is 13.1 Å². The Kier molecular flexibility index (Phi) is 9.56. The minimum absolute atomic E-state index is 0.0804. The Balaban J connectivity index is 1.43. The van der Waals surface area contributed by atoms with E-state index in [9.17, 15) is 17.2 Å². The third-order valence-electron chi connectivity index (χ3n) is 6.23. The number of piperazine rings is 1. The number of sulfonamides is 1. The van der Waals surface area contributed by atoms with Crippen molar-refractivity contribution >= 4 is 21.6 Å². The van der Waals surface area contributed by atoms with Crippen molar-refractivity contribution in [2.45, 2.75) is 24.2 Å². The number of methoxy groups -OCH3 is 1. The van der Waals surface area contributed by atoms with Gasteiger partial charge in [0.15, 0.2) is 0 Å². The molecule has 0 spiro atoms. The molecule has 0 aliphatic carbocycles. The first kappa shape index (κ1) is 28.3. The van der Waals surface area contributed by atoms with Gasteiger partial charge >= 0.3 is 6.61 Å². The highest BCUT2D eigenvalue weighted by Gasteiger charge is 2.30. The second kappa shape index (κ2) is 12.9. The lowest BCUT2D eigenvalue weighted by Crippen LogP contribution is -2.49. The summed E-state index contributed by atoms with van der Waals surface area (Å²) in [5.74, 6) is 0.519. The van der Waals surface area contributed by atoms with Crippen LogP contribution in [0.3, 0.4) is 0 Å². The van der Waals surface area contributed by atoms with Gasteiger partial charge in [-0.1, -0.05) is 41.9 Å². The molecule has 0 radical (unpaired) electrons. The summed E-state index contributed by atoms with van der Waals surface area (Å²) >= 11 is 6.12. The number of halogens is 3. The van der Waals surface area contributed by atoms with E-state index in [0.717, 1.165) is 17.2 Å². The molecule has 1 fully saturated rings. The number of benzene rings is 3. The molecule has 0 unspecified atom stereocenters. The lowest BCUT2D eigenvalue weighted by molar-refractivity contribution is -0.0500. The molecule has 0 saturated carbocycles. The first-order chi connectivity index (χ1) is 18.2. The van der Waals surface area contributed by atoms with Crippen LogP contribution in [-0.2, 0) is 21.4 Å². The van der Waals surface area contributed by atoms with E-state index in [1.807, 2.05) is 42.5 Å². The molecule has 1 aliphatic rings. The van der Waals surface area contributed by atoms with E-state index in [1.54, 1.807) is 13.2 Å². The number of alkyl halides is 2. The normalized spacial score (nSPS) is 15.9. The summed E-state index contributed by atoms with van der Waals surface area (Å²) in [6, 6.07) is 20.3. The van der Waals surface area contributed by atoms with Crippen molar-refractivity contribution in [1.29, 1.82) is 0 Å². The Labute approximate surface area is 226 Å². The molecular formula is C27H29ClF2N2O5S. The van der Waals surface area contributed by atoms with Gasteiger partial charge in [0.05, 0.1) is 24.7 Å². The van der Waals surface area contributed by atoms with E-state index in [-0.39, 0.29) is 29.8 Å². The lowest BCUT2D eigenvalue weighted by atomic mass is 10.1. The number of rotatable bonds is 11. The maximum Gasteiger partial charge on any atom is 0.387 e. The van der Waals surface area contributed by atoms with Gasteiger partial charge in [-0.05, 0) is 47.5 Å². The zero-order valence-electron chi connectivity index (χ0n) is 20.8. The lowest BCUT2D eigenvalue weighted by Gasteiger charge is -2.36. The minimum Gasteiger partial charge on any atom is -0.497 e. The fourth-order valence-corrected chi connectivity index (χ4v) is 5.94. The van der Waals surface area contributed by atoms with E-state index in [4.69, 9.17) is 21.1 Å². The molecule has 0 N–H and O–H groups in total. The zero-order valence-corrected chi connectivity index (χ0v) is 22.4. The van der Waals surface area contributed by atoms with E-state index in [1.165, 1.54) is 22.5 Å². The summed E-state index contributed by atoms with van der Waals surface area (Å²) in [5.41, 5.74) is 1.89. The number of hydrogen-bond acceptors (Lipinski definition) is 6. The Morgan fingerprint density at radius 1 is 0.921 bits per heavy atom. The highest BCUT2D eigenvalue weighted by molar-refractivity contribution is 7.89. The molecule has 38 heavy (non-hydrogen) atoms. The van der Waals surface area contributed by atoms with Gasteiger partial charge in [-0.15, -0.1) is 0 Å².